The van der Waals surface area contributed by atoms with Crippen LogP contribution in [-0.2, 0) is 15.1 Å². The zero-order valence-electron chi connectivity index (χ0n) is 13.6. The van der Waals surface area contributed by atoms with E-state index in [9.17, 15) is 9.90 Å². The molecule has 0 amide bonds. The number of ether oxygens (including phenoxy) is 3. The van der Waals surface area contributed by atoms with Crippen LogP contribution in [0.2, 0.25) is 0 Å². The van der Waals surface area contributed by atoms with Crippen molar-refractivity contribution in [1.29, 1.82) is 0 Å². The van der Waals surface area contributed by atoms with Gasteiger partial charge >= 0.3 is 5.97 Å². The molecule has 1 unspecified atom stereocenters. The molecule has 2 bridgehead atoms. The van der Waals surface area contributed by atoms with Crippen LogP contribution in [0.4, 0.5) is 0 Å². The van der Waals surface area contributed by atoms with E-state index in [2.05, 4.69) is 9.97 Å². The number of nitrogens with zero attached hydrogens (tertiary/aromatic N) is 3. The zero-order valence-corrected chi connectivity index (χ0v) is 13.6. The molecule has 8 nitrogen and oxygen atoms in total. The van der Waals surface area contributed by atoms with Crippen LogP contribution in [0.25, 0.3) is 5.78 Å². The Labute approximate surface area is 138 Å². The van der Waals surface area contributed by atoms with Gasteiger partial charge in [0.05, 0.1) is 31.1 Å². The lowest BCUT2D eigenvalue weighted by Crippen LogP contribution is -2.34. The van der Waals surface area contributed by atoms with Gasteiger partial charge in [0.1, 0.15) is 11.2 Å². The molecule has 2 saturated heterocycles. The highest BCUT2D eigenvalue weighted by atomic mass is 16.6. The van der Waals surface area contributed by atoms with Gasteiger partial charge in [-0.1, -0.05) is 0 Å². The number of hydrogen-bond donors (Lipinski definition) is 1. The molecule has 2 atom stereocenters. The number of carbonyl (C=O) groups is 1. The highest BCUT2D eigenvalue weighted by Crippen LogP contribution is 2.41. The molecule has 4 heterocycles. The first-order valence-corrected chi connectivity index (χ1v) is 8.02. The van der Waals surface area contributed by atoms with Crippen LogP contribution >= 0.6 is 0 Å². The van der Waals surface area contributed by atoms with Crippen LogP contribution in [0.1, 0.15) is 42.7 Å². The fourth-order valence-corrected chi connectivity index (χ4v) is 3.25. The first-order chi connectivity index (χ1) is 11.5. The van der Waals surface area contributed by atoms with Gasteiger partial charge in [0.2, 0.25) is 11.7 Å². The third-order valence-electron chi connectivity index (χ3n) is 4.39. The van der Waals surface area contributed by atoms with Gasteiger partial charge in [0.25, 0.3) is 0 Å². The van der Waals surface area contributed by atoms with Crippen LogP contribution in [0.3, 0.4) is 0 Å². The molecule has 2 aliphatic rings. The maximum absolute atomic E-state index is 11.5. The summed E-state index contributed by atoms with van der Waals surface area (Å²) >= 11 is 0. The van der Waals surface area contributed by atoms with Gasteiger partial charge in [-0.2, -0.15) is 4.98 Å². The Morgan fingerprint density at radius 1 is 1.46 bits per heavy atom. The highest BCUT2D eigenvalue weighted by Gasteiger charge is 2.47. The molecule has 0 saturated carbocycles. The van der Waals surface area contributed by atoms with E-state index in [1.807, 2.05) is 13.8 Å². The molecule has 4 rings (SSSR count). The molecular formula is C16H19N3O5. The van der Waals surface area contributed by atoms with E-state index in [1.54, 1.807) is 10.6 Å². The third-order valence-corrected chi connectivity index (χ3v) is 4.39. The lowest BCUT2D eigenvalue weighted by atomic mass is 9.93. The van der Waals surface area contributed by atoms with Crippen LogP contribution < -0.4 is 4.74 Å². The van der Waals surface area contributed by atoms with Crippen molar-refractivity contribution in [3.63, 3.8) is 0 Å². The number of carboxylic acid groups (broad SMARTS) is 1. The number of rotatable bonds is 4. The average molecular weight is 333 g/mol. The lowest BCUT2D eigenvalue weighted by Gasteiger charge is -2.29. The number of fused-ring (bicyclic) bond motifs is 3. The van der Waals surface area contributed by atoms with Crippen molar-refractivity contribution in [1.82, 2.24) is 14.4 Å². The fraction of sp³-hybridized carbons (Fsp3) is 0.562. The van der Waals surface area contributed by atoms with E-state index < -0.39 is 11.6 Å². The van der Waals surface area contributed by atoms with Gasteiger partial charge in [-0.05, 0) is 20.3 Å². The average Bonchev–Trinajstić information content (AvgIpc) is 3.07. The Morgan fingerprint density at radius 3 is 3.04 bits per heavy atom. The quantitative estimate of drug-likeness (QED) is 0.908. The highest BCUT2D eigenvalue weighted by molar-refractivity contribution is 5.90. The Hall–Kier alpha value is -2.19. The topological polar surface area (TPSA) is 95.2 Å². The van der Waals surface area contributed by atoms with Crippen LogP contribution in [0.15, 0.2) is 12.4 Å². The Bertz CT molecular complexity index is 798. The SMILES string of the molecule is CC(C)Oc1nc2nc([C@@]34COC(CCO3)C4)cn2cc1C(=O)O. The van der Waals surface area contributed by atoms with Crippen molar-refractivity contribution in [3.8, 4) is 5.88 Å². The Balaban J connectivity index is 1.79. The van der Waals surface area contributed by atoms with Gasteiger partial charge in [0, 0.05) is 18.8 Å². The second kappa shape index (κ2) is 5.42. The summed E-state index contributed by atoms with van der Waals surface area (Å²) in [5.74, 6) is -0.631. The molecule has 2 aliphatic heterocycles. The molecule has 128 valence electrons. The van der Waals surface area contributed by atoms with Gasteiger partial charge < -0.3 is 19.3 Å². The molecular weight excluding hydrogens is 314 g/mol. The van der Waals surface area contributed by atoms with Gasteiger partial charge in [0.15, 0.2) is 0 Å². The number of carboxylic acids is 1. The summed E-state index contributed by atoms with van der Waals surface area (Å²) in [6.45, 7) is 4.73. The minimum atomic E-state index is -1.09. The first kappa shape index (κ1) is 15.3. The molecule has 0 spiro atoms. The molecule has 8 heteroatoms. The Kier molecular flexibility index (Phi) is 3.47. The molecule has 0 aliphatic carbocycles. The van der Waals surface area contributed by atoms with E-state index in [1.165, 1.54) is 6.20 Å². The first-order valence-electron chi connectivity index (χ1n) is 8.02. The maximum atomic E-state index is 11.5. The molecule has 1 N–H and O–H groups in total. The van der Waals surface area contributed by atoms with Crippen molar-refractivity contribution in [2.45, 2.75) is 44.5 Å². The van der Waals surface area contributed by atoms with Gasteiger partial charge in [-0.25, -0.2) is 9.78 Å². The summed E-state index contributed by atoms with van der Waals surface area (Å²) in [6, 6.07) is 0. The summed E-state index contributed by atoms with van der Waals surface area (Å²) in [6.07, 6.45) is 4.92. The second-order valence-electron chi connectivity index (χ2n) is 6.53. The number of imidazole rings is 1. The predicted molar refractivity (Wildman–Crippen MR) is 82.3 cm³/mol. The summed E-state index contributed by atoms with van der Waals surface area (Å²) < 4.78 is 18.9. The molecule has 0 radical (unpaired) electrons. The lowest BCUT2D eigenvalue weighted by molar-refractivity contribution is -0.0597. The maximum Gasteiger partial charge on any atom is 0.342 e. The van der Waals surface area contributed by atoms with Crippen LogP contribution in [-0.4, -0.2) is 50.9 Å². The van der Waals surface area contributed by atoms with Crippen molar-refractivity contribution in [2.75, 3.05) is 13.2 Å². The fourth-order valence-electron chi connectivity index (χ4n) is 3.25. The Morgan fingerprint density at radius 2 is 2.29 bits per heavy atom. The van der Waals surface area contributed by atoms with E-state index >= 15 is 0 Å². The summed E-state index contributed by atoms with van der Waals surface area (Å²) in [4.78, 5) is 20.3. The zero-order chi connectivity index (χ0) is 16.9. The summed E-state index contributed by atoms with van der Waals surface area (Å²) in [5.41, 5.74) is 0.164. The molecule has 2 fully saturated rings. The largest absolute Gasteiger partial charge is 0.477 e. The van der Waals surface area contributed by atoms with Crippen LogP contribution in [0, 0.1) is 0 Å². The number of aromatic carboxylic acids is 1. The molecule has 2 aromatic heterocycles. The monoisotopic (exact) mass is 333 g/mol. The number of aromatic nitrogens is 3. The van der Waals surface area contributed by atoms with Crippen LogP contribution in [0.5, 0.6) is 5.88 Å². The van der Waals surface area contributed by atoms with E-state index in [-0.39, 0.29) is 23.7 Å². The third kappa shape index (κ3) is 2.42. The normalized spacial score (nSPS) is 26.2. The van der Waals surface area contributed by atoms with Gasteiger partial charge in [-0.15, -0.1) is 0 Å². The van der Waals surface area contributed by atoms with E-state index in [4.69, 9.17) is 14.2 Å². The predicted octanol–water partition coefficient (Wildman–Crippen LogP) is 1.62. The van der Waals surface area contributed by atoms with Crippen molar-refractivity contribution >= 4 is 11.7 Å². The molecule has 2 aromatic rings. The van der Waals surface area contributed by atoms with Gasteiger partial charge in [-0.3, -0.25) is 4.40 Å². The minimum absolute atomic E-state index is 0.00256. The van der Waals surface area contributed by atoms with Crippen molar-refractivity contribution in [3.05, 3.63) is 23.7 Å². The van der Waals surface area contributed by atoms with E-state index in [0.29, 0.717) is 19.0 Å². The molecule has 24 heavy (non-hydrogen) atoms. The second-order valence-corrected chi connectivity index (χ2v) is 6.53. The minimum Gasteiger partial charge on any atom is -0.477 e. The molecule has 0 aromatic carbocycles. The smallest absolute Gasteiger partial charge is 0.342 e. The standard InChI is InChI=1S/C16H19N3O5/c1-9(2)24-13-11(14(20)21)6-19-7-12(17-15(19)18-13)16-5-10(22-8-16)3-4-23-16/h6-7,9-10H,3-5,8H2,1-2H3,(H,20,21)/t10?,16-/m1/s1. The van der Waals surface area contributed by atoms with Crippen molar-refractivity contribution in [2.24, 2.45) is 0 Å². The van der Waals surface area contributed by atoms with Crippen molar-refractivity contribution < 1.29 is 24.1 Å². The summed E-state index contributed by atoms with van der Waals surface area (Å²) in [7, 11) is 0. The van der Waals surface area contributed by atoms with E-state index in [0.717, 1.165) is 18.5 Å². The summed E-state index contributed by atoms with van der Waals surface area (Å²) in [5, 5.41) is 9.40. The number of hydrogen-bond acceptors (Lipinski definition) is 6.